The fourth-order valence-corrected chi connectivity index (χ4v) is 2.18. The maximum Gasteiger partial charge on any atom is 0.230 e. The van der Waals surface area contributed by atoms with Crippen LogP contribution in [0, 0.1) is 0 Å². The quantitative estimate of drug-likeness (QED) is 0.538. The van der Waals surface area contributed by atoms with Crippen LogP contribution in [-0.4, -0.2) is 17.9 Å². The second kappa shape index (κ2) is 2.92. The molecule has 0 N–H and O–H groups in total. The molecule has 12 heavy (non-hydrogen) atoms. The molecule has 0 spiro atoms. The Labute approximate surface area is 73.2 Å². The predicted molar refractivity (Wildman–Crippen MR) is 47.5 cm³/mol. The number of nitrogens with zero attached hydrogens (tertiary/aromatic N) is 1. The van der Waals surface area contributed by atoms with E-state index >= 15 is 0 Å². The first kappa shape index (κ1) is 7.84. The van der Waals surface area contributed by atoms with Gasteiger partial charge in [-0.25, -0.2) is 0 Å². The van der Waals surface area contributed by atoms with Crippen molar-refractivity contribution in [1.29, 1.82) is 0 Å². The highest BCUT2D eigenvalue weighted by atomic mass is 16.2. The molecule has 1 heterocycles. The van der Waals surface area contributed by atoms with Crippen LogP contribution in [0.1, 0.15) is 38.5 Å². The molecule has 1 aliphatic heterocycles. The van der Waals surface area contributed by atoms with Crippen LogP contribution < -0.4 is 0 Å². The van der Waals surface area contributed by atoms with Crippen LogP contribution in [0.5, 0.6) is 0 Å². The van der Waals surface area contributed by atoms with E-state index in [9.17, 15) is 4.79 Å². The summed E-state index contributed by atoms with van der Waals surface area (Å²) in [5.74, 6) is 0.293. The lowest BCUT2D eigenvalue weighted by Gasteiger charge is -2.13. The van der Waals surface area contributed by atoms with E-state index in [1.807, 2.05) is 11.9 Å². The van der Waals surface area contributed by atoms with E-state index < -0.39 is 0 Å². The number of hydrogen-bond acceptors (Lipinski definition) is 1. The largest absolute Gasteiger partial charge is 0.319 e. The highest BCUT2D eigenvalue weighted by Crippen LogP contribution is 2.33. The fourth-order valence-electron chi connectivity index (χ4n) is 2.18. The van der Waals surface area contributed by atoms with Crippen molar-refractivity contribution >= 4 is 5.91 Å². The van der Waals surface area contributed by atoms with Crippen molar-refractivity contribution < 1.29 is 4.79 Å². The molecule has 66 valence electrons. The van der Waals surface area contributed by atoms with E-state index in [4.69, 9.17) is 0 Å². The van der Waals surface area contributed by atoms with E-state index in [0.717, 1.165) is 12.8 Å². The molecule has 0 saturated heterocycles. The minimum atomic E-state index is 0.293. The van der Waals surface area contributed by atoms with Crippen LogP contribution in [0.25, 0.3) is 0 Å². The van der Waals surface area contributed by atoms with Crippen molar-refractivity contribution in [3.05, 3.63) is 11.3 Å². The topological polar surface area (TPSA) is 20.3 Å². The summed E-state index contributed by atoms with van der Waals surface area (Å²) in [6, 6.07) is 0. The van der Waals surface area contributed by atoms with E-state index in [0.29, 0.717) is 12.3 Å². The van der Waals surface area contributed by atoms with Gasteiger partial charge in [0.1, 0.15) is 0 Å². The third-order valence-electron chi connectivity index (χ3n) is 2.94. The summed E-state index contributed by atoms with van der Waals surface area (Å²) in [6.45, 7) is 0. The lowest BCUT2D eigenvalue weighted by molar-refractivity contribution is -0.126. The third-order valence-corrected chi connectivity index (χ3v) is 2.94. The van der Waals surface area contributed by atoms with Gasteiger partial charge in [0, 0.05) is 12.7 Å². The molecule has 1 amide bonds. The maximum absolute atomic E-state index is 11.3. The highest BCUT2D eigenvalue weighted by molar-refractivity contribution is 5.83. The number of carbonyl (C=O) groups is 1. The van der Waals surface area contributed by atoms with Crippen molar-refractivity contribution in [3.8, 4) is 0 Å². The Balaban J connectivity index is 2.22. The minimum Gasteiger partial charge on any atom is -0.319 e. The second-order valence-corrected chi connectivity index (χ2v) is 3.74. The van der Waals surface area contributed by atoms with Crippen LogP contribution in [0.2, 0.25) is 0 Å². The summed E-state index contributed by atoms with van der Waals surface area (Å²) in [7, 11) is 1.91. The molecule has 0 aromatic rings. The summed E-state index contributed by atoms with van der Waals surface area (Å²) in [4.78, 5) is 13.2. The molecule has 2 nitrogen and oxygen atoms in total. The number of carbonyl (C=O) groups excluding carboxylic acids is 1. The first-order valence-electron chi connectivity index (χ1n) is 4.76. The lowest BCUT2D eigenvalue weighted by atomic mass is 10.1. The van der Waals surface area contributed by atoms with Crippen molar-refractivity contribution in [3.63, 3.8) is 0 Å². The molecular weight excluding hydrogens is 150 g/mol. The molecular formula is C10H15NO. The monoisotopic (exact) mass is 165 g/mol. The normalized spacial score (nSPS) is 24.4. The standard InChI is InChI=1S/C10H15NO/c1-11-9-6-4-2-3-5-8(9)7-10(11)12/h2-7H2,1H3. The second-order valence-electron chi connectivity index (χ2n) is 3.74. The van der Waals surface area contributed by atoms with E-state index in [2.05, 4.69) is 0 Å². The van der Waals surface area contributed by atoms with Crippen molar-refractivity contribution in [2.45, 2.75) is 38.5 Å². The van der Waals surface area contributed by atoms with Gasteiger partial charge in [-0.15, -0.1) is 0 Å². The highest BCUT2D eigenvalue weighted by Gasteiger charge is 2.26. The SMILES string of the molecule is CN1C(=O)CC2=C1CCCCC2. The van der Waals surface area contributed by atoms with Crippen LogP contribution in [0.15, 0.2) is 11.3 Å². The first-order valence-corrected chi connectivity index (χ1v) is 4.76. The Hall–Kier alpha value is -0.790. The van der Waals surface area contributed by atoms with Crippen molar-refractivity contribution in [2.75, 3.05) is 7.05 Å². The van der Waals surface area contributed by atoms with Crippen LogP contribution in [-0.2, 0) is 4.79 Å². The molecule has 0 radical (unpaired) electrons. The van der Waals surface area contributed by atoms with Crippen molar-refractivity contribution in [2.24, 2.45) is 0 Å². The summed E-state index contributed by atoms with van der Waals surface area (Å²) in [5, 5.41) is 0. The number of amides is 1. The predicted octanol–water partition coefficient (Wildman–Crippen LogP) is 2.07. The maximum atomic E-state index is 11.3. The molecule has 0 saturated carbocycles. The Morgan fingerprint density at radius 1 is 1.17 bits per heavy atom. The van der Waals surface area contributed by atoms with E-state index in [-0.39, 0.29) is 0 Å². The molecule has 2 rings (SSSR count). The van der Waals surface area contributed by atoms with E-state index in [1.165, 1.54) is 30.5 Å². The molecule has 0 atom stereocenters. The van der Waals surface area contributed by atoms with Gasteiger partial charge >= 0.3 is 0 Å². The Morgan fingerprint density at radius 2 is 1.92 bits per heavy atom. The molecule has 0 aromatic carbocycles. The zero-order chi connectivity index (χ0) is 8.55. The van der Waals surface area contributed by atoms with Crippen LogP contribution in [0.4, 0.5) is 0 Å². The zero-order valence-corrected chi connectivity index (χ0v) is 7.60. The van der Waals surface area contributed by atoms with Gasteiger partial charge in [0.15, 0.2) is 0 Å². The van der Waals surface area contributed by atoms with Crippen LogP contribution >= 0.6 is 0 Å². The number of hydrogen-bond donors (Lipinski definition) is 0. The lowest BCUT2D eigenvalue weighted by Crippen LogP contribution is -2.19. The molecule has 2 heteroatoms. The van der Waals surface area contributed by atoms with Gasteiger partial charge in [-0.05, 0) is 31.3 Å². The fraction of sp³-hybridized carbons (Fsp3) is 0.700. The van der Waals surface area contributed by atoms with Gasteiger partial charge in [0.05, 0.1) is 6.42 Å². The summed E-state index contributed by atoms with van der Waals surface area (Å²) in [5.41, 5.74) is 2.75. The minimum absolute atomic E-state index is 0.293. The first-order chi connectivity index (χ1) is 5.79. The Bertz CT molecular complexity index is 242. The number of rotatable bonds is 0. The Morgan fingerprint density at radius 3 is 2.75 bits per heavy atom. The van der Waals surface area contributed by atoms with Gasteiger partial charge in [0.25, 0.3) is 0 Å². The average molecular weight is 165 g/mol. The Kier molecular flexibility index (Phi) is 1.91. The zero-order valence-electron chi connectivity index (χ0n) is 7.60. The number of allylic oxidation sites excluding steroid dienone is 1. The average Bonchev–Trinajstić information content (AvgIpc) is 2.30. The van der Waals surface area contributed by atoms with Gasteiger partial charge in [-0.3, -0.25) is 4.79 Å². The molecule has 0 bridgehead atoms. The van der Waals surface area contributed by atoms with Crippen molar-refractivity contribution in [1.82, 2.24) is 4.90 Å². The van der Waals surface area contributed by atoms with Gasteiger partial charge in [0.2, 0.25) is 5.91 Å². The molecule has 0 unspecified atom stereocenters. The molecule has 2 aliphatic rings. The van der Waals surface area contributed by atoms with Gasteiger partial charge < -0.3 is 4.90 Å². The smallest absolute Gasteiger partial charge is 0.230 e. The third kappa shape index (κ3) is 1.15. The van der Waals surface area contributed by atoms with Gasteiger partial charge in [-0.2, -0.15) is 0 Å². The summed E-state index contributed by atoms with van der Waals surface area (Å²) >= 11 is 0. The van der Waals surface area contributed by atoms with Crippen LogP contribution in [0.3, 0.4) is 0 Å². The van der Waals surface area contributed by atoms with Gasteiger partial charge in [-0.1, -0.05) is 6.42 Å². The van der Waals surface area contributed by atoms with E-state index in [1.54, 1.807) is 0 Å². The molecule has 0 fully saturated rings. The molecule has 0 aromatic heterocycles. The summed E-state index contributed by atoms with van der Waals surface area (Å²) in [6.07, 6.45) is 6.85. The molecule has 1 aliphatic carbocycles. The summed E-state index contributed by atoms with van der Waals surface area (Å²) < 4.78 is 0.